The first kappa shape index (κ1) is 13.1. The van der Waals surface area contributed by atoms with Crippen LogP contribution in [0.3, 0.4) is 0 Å². The number of hydrogen-bond donors (Lipinski definition) is 2. The summed E-state index contributed by atoms with van der Waals surface area (Å²) >= 11 is 1.54. The van der Waals surface area contributed by atoms with Gasteiger partial charge in [-0.3, -0.25) is 4.79 Å². The van der Waals surface area contributed by atoms with Gasteiger partial charge in [-0.15, -0.1) is 11.8 Å². The lowest BCUT2D eigenvalue weighted by Gasteiger charge is -2.10. The van der Waals surface area contributed by atoms with E-state index in [-0.39, 0.29) is 17.8 Å². The fourth-order valence-electron chi connectivity index (χ4n) is 1.13. The van der Waals surface area contributed by atoms with Gasteiger partial charge in [-0.05, 0) is 31.2 Å². The lowest BCUT2D eigenvalue weighted by Crippen LogP contribution is -2.30. The molecule has 1 heterocycles. The summed E-state index contributed by atoms with van der Waals surface area (Å²) in [4.78, 5) is 11.6. The summed E-state index contributed by atoms with van der Waals surface area (Å²) in [6, 6.07) is 3.62. The Bertz CT molecular complexity index is 300. The molecule has 1 aromatic heterocycles. The quantitative estimate of drug-likeness (QED) is 0.711. The fourth-order valence-corrected chi connectivity index (χ4v) is 2.02. The monoisotopic (exact) mass is 243 g/mol. The van der Waals surface area contributed by atoms with Crippen LogP contribution in [0.2, 0.25) is 0 Å². The van der Waals surface area contributed by atoms with Crippen LogP contribution in [0.4, 0.5) is 0 Å². The summed E-state index contributed by atoms with van der Waals surface area (Å²) in [5.74, 6) is 1.55. The highest BCUT2D eigenvalue weighted by molar-refractivity contribution is 8.00. The molecular formula is C11H17NO3S. The first-order valence-corrected chi connectivity index (χ1v) is 6.31. The third-order valence-corrected chi connectivity index (χ3v) is 3.29. The van der Waals surface area contributed by atoms with E-state index in [9.17, 15) is 4.79 Å². The molecule has 0 spiro atoms. The predicted molar refractivity (Wildman–Crippen MR) is 64.2 cm³/mol. The van der Waals surface area contributed by atoms with Crippen molar-refractivity contribution in [3.8, 4) is 0 Å². The Balaban J connectivity index is 2.18. The van der Waals surface area contributed by atoms with Gasteiger partial charge in [0.05, 0.1) is 18.1 Å². The van der Waals surface area contributed by atoms with E-state index in [2.05, 4.69) is 5.32 Å². The molecular weight excluding hydrogens is 226 g/mol. The number of carbonyl (C=O) groups is 1. The fraction of sp³-hybridized carbons (Fsp3) is 0.545. The molecule has 0 bridgehead atoms. The van der Waals surface area contributed by atoms with Gasteiger partial charge in [0.1, 0.15) is 5.76 Å². The van der Waals surface area contributed by atoms with Crippen molar-refractivity contribution in [2.24, 2.45) is 0 Å². The van der Waals surface area contributed by atoms with Crippen LogP contribution in [-0.4, -0.2) is 28.6 Å². The van der Waals surface area contributed by atoms with Gasteiger partial charge in [-0.1, -0.05) is 0 Å². The maximum atomic E-state index is 11.6. The second-order valence-corrected chi connectivity index (χ2v) is 4.84. The molecule has 1 aromatic rings. The van der Waals surface area contributed by atoms with E-state index < -0.39 is 0 Å². The van der Waals surface area contributed by atoms with Crippen molar-refractivity contribution in [2.75, 3.05) is 12.4 Å². The van der Waals surface area contributed by atoms with Gasteiger partial charge < -0.3 is 14.8 Å². The molecule has 16 heavy (non-hydrogen) atoms. The molecule has 0 saturated heterocycles. The zero-order valence-electron chi connectivity index (χ0n) is 9.31. The van der Waals surface area contributed by atoms with Gasteiger partial charge in [0, 0.05) is 6.61 Å². The summed E-state index contributed by atoms with van der Waals surface area (Å²) < 4.78 is 5.11. The number of hydrogen-bond acceptors (Lipinski definition) is 4. The standard InChI is InChI=1S/C11H17NO3S/c1-9(16-7-3-5-13)11(14)12-8-10-4-2-6-15-10/h2,4,6,9,13H,3,5,7-8H2,1H3,(H,12,14). The Hall–Kier alpha value is -0.940. The van der Waals surface area contributed by atoms with Crippen LogP contribution < -0.4 is 5.32 Å². The van der Waals surface area contributed by atoms with Gasteiger partial charge >= 0.3 is 0 Å². The Morgan fingerprint density at radius 3 is 3.12 bits per heavy atom. The van der Waals surface area contributed by atoms with Crippen molar-refractivity contribution < 1.29 is 14.3 Å². The molecule has 0 radical (unpaired) electrons. The molecule has 1 unspecified atom stereocenters. The van der Waals surface area contributed by atoms with Crippen molar-refractivity contribution in [3.63, 3.8) is 0 Å². The first-order chi connectivity index (χ1) is 7.74. The van der Waals surface area contributed by atoms with Crippen LogP contribution in [0.25, 0.3) is 0 Å². The lowest BCUT2D eigenvalue weighted by atomic mass is 10.4. The average Bonchev–Trinajstić information content (AvgIpc) is 2.79. The van der Waals surface area contributed by atoms with Crippen LogP contribution in [0.15, 0.2) is 22.8 Å². The van der Waals surface area contributed by atoms with Gasteiger partial charge in [-0.2, -0.15) is 0 Å². The van der Waals surface area contributed by atoms with Gasteiger partial charge in [0.2, 0.25) is 5.91 Å². The summed E-state index contributed by atoms with van der Waals surface area (Å²) in [5.41, 5.74) is 0. The molecule has 1 amide bonds. The Morgan fingerprint density at radius 2 is 2.50 bits per heavy atom. The van der Waals surface area contributed by atoms with E-state index in [1.165, 1.54) is 0 Å². The zero-order valence-corrected chi connectivity index (χ0v) is 10.1. The molecule has 0 aliphatic carbocycles. The maximum Gasteiger partial charge on any atom is 0.233 e. The highest BCUT2D eigenvalue weighted by Gasteiger charge is 2.12. The van der Waals surface area contributed by atoms with Gasteiger partial charge in [-0.25, -0.2) is 0 Å². The predicted octanol–water partition coefficient (Wildman–Crippen LogP) is 1.40. The zero-order chi connectivity index (χ0) is 11.8. The molecule has 1 atom stereocenters. The SMILES string of the molecule is CC(SCCCO)C(=O)NCc1ccco1. The molecule has 1 rings (SSSR count). The van der Waals surface area contributed by atoms with Crippen molar-refractivity contribution in [1.29, 1.82) is 0 Å². The van der Waals surface area contributed by atoms with E-state index in [0.29, 0.717) is 6.54 Å². The molecule has 0 aliphatic heterocycles. The van der Waals surface area contributed by atoms with E-state index in [0.717, 1.165) is 17.9 Å². The van der Waals surface area contributed by atoms with Crippen LogP contribution in [0.1, 0.15) is 19.1 Å². The molecule has 0 saturated carbocycles. The summed E-state index contributed by atoms with van der Waals surface area (Å²) in [7, 11) is 0. The number of thioether (sulfide) groups is 1. The maximum absolute atomic E-state index is 11.6. The van der Waals surface area contributed by atoms with E-state index >= 15 is 0 Å². The van der Waals surface area contributed by atoms with Crippen LogP contribution in [0, 0.1) is 0 Å². The average molecular weight is 243 g/mol. The Morgan fingerprint density at radius 1 is 1.69 bits per heavy atom. The minimum absolute atomic E-state index is 0.000611. The molecule has 0 aromatic carbocycles. The van der Waals surface area contributed by atoms with E-state index in [1.807, 2.05) is 13.0 Å². The first-order valence-electron chi connectivity index (χ1n) is 5.26. The number of nitrogens with one attached hydrogen (secondary N) is 1. The Kier molecular flexibility index (Phi) is 6.03. The van der Waals surface area contributed by atoms with E-state index in [4.69, 9.17) is 9.52 Å². The smallest absolute Gasteiger partial charge is 0.233 e. The van der Waals surface area contributed by atoms with Gasteiger partial charge in [0.15, 0.2) is 0 Å². The lowest BCUT2D eigenvalue weighted by molar-refractivity contribution is -0.120. The Labute approximate surface area is 99.4 Å². The molecule has 4 nitrogen and oxygen atoms in total. The normalized spacial score (nSPS) is 12.4. The number of aliphatic hydroxyl groups is 1. The van der Waals surface area contributed by atoms with Crippen LogP contribution in [-0.2, 0) is 11.3 Å². The van der Waals surface area contributed by atoms with Crippen LogP contribution in [0.5, 0.6) is 0 Å². The summed E-state index contributed by atoms with van der Waals surface area (Å²) in [5, 5.41) is 11.3. The number of amides is 1. The third-order valence-electron chi connectivity index (χ3n) is 2.06. The molecule has 2 N–H and O–H groups in total. The van der Waals surface area contributed by atoms with Gasteiger partial charge in [0.25, 0.3) is 0 Å². The van der Waals surface area contributed by atoms with Crippen LogP contribution >= 0.6 is 11.8 Å². The summed E-state index contributed by atoms with van der Waals surface area (Å²) in [6.45, 7) is 2.46. The van der Waals surface area contributed by atoms with E-state index in [1.54, 1.807) is 24.1 Å². The minimum atomic E-state index is -0.0958. The molecule has 0 fully saturated rings. The number of aliphatic hydroxyl groups excluding tert-OH is 1. The van der Waals surface area contributed by atoms with Crippen molar-refractivity contribution in [3.05, 3.63) is 24.2 Å². The van der Waals surface area contributed by atoms with Crippen molar-refractivity contribution in [2.45, 2.75) is 25.1 Å². The molecule has 90 valence electrons. The highest BCUT2D eigenvalue weighted by atomic mass is 32.2. The number of rotatable bonds is 7. The van der Waals surface area contributed by atoms with Crippen molar-refractivity contribution >= 4 is 17.7 Å². The summed E-state index contributed by atoms with van der Waals surface area (Å²) in [6.07, 6.45) is 2.31. The third kappa shape index (κ3) is 4.72. The number of furan rings is 1. The second kappa shape index (κ2) is 7.35. The van der Waals surface area contributed by atoms with Crippen molar-refractivity contribution in [1.82, 2.24) is 5.32 Å². The highest BCUT2D eigenvalue weighted by Crippen LogP contribution is 2.11. The number of carbonyl (C=O) groups excluding carboxylic acids is 1. The minimum Gasteiger partial charge on any atom is -0.467 e. The second-order valence-electron chi connectivity index (χ2n) is 3.39. The largest absolute Gasteiger partial charge is 0.467 e. The molecule has 0 aliphatic rings. The topological polar surface area (TPSA) is 62.5 Å². The molecule has 5 heteroatoms.